The molecule has 3 rings (SSSR count). The van der Waals surface area contributed by atoms with Gasteiger partial charge >= 0.3 is 0 Å². The molecule has 1 fully saturated rings. The molecule has 0 aliphatic carbocycles. The number of hydrogen-bond donors (Lipinski definition) is 0. The highest BCUT2D eigenvalue weighted by Gasteiger charge is 2.35. The number of hydrogen-bond acceptors (Lipinski definition) is 3. The van der Waals surface area contributed by atoms with Gasteiger partial charge in [-0.25, -0.2) is 0 Å². The highest BCUT2D eigenvalue weighted by molar-refractivity contribution is 5.98. The minimum atomic E-state index is -0.359. The molecule has 1 aliphatic heterocycles. The summed E-state index contributed by atoms with van der Waals surface area (Å²) in [5, 5.41) is 0. The van der Waals surface area contributed by atoms with Gasteiger partial charge in [-0.3, -0.25) is 9.59 Å². The van der Waals surface area contributed by atoms with Gasteiger partial charge in [-0.05, 0) is 49.2 Å². The van der Waals surface area contributed by atoms with Crippen LogP contribution in [-0.2, 0) is 4.79 Å². The van der Waals surface area contributed by atoms with Gasteiger partial charge in [0.05, 0.1) is 0 Å². The summed E-state index contributed by atoms with van der Waals surface area (Å²) < 4.78 is 5.74. The third kappa shape index (κ3) is 3.82. The summed E-state index contributed by atoms with van der Waals surface area (Å²) in [5.41, 5.74) is 0.568. The lowest BCUT2D eigenvalue weighted by Crippen LogP contribution is -2.45. The molecule has 0 bridgehead atoms. The smallest absolute Gasteiger partial charge is 0.254 e. The molecule has 0 radical (unpaired) electrons. The van der Waals surface area contributed by atoms with Crippen LogP contribution in [0.1, 0.15) is 23.2 Å². The van der Waals surface area contributed by atoms with E-state index in [1.807, 2.05) is 30.3 Å². The Morgan fingerprint density at radius 3 is 2.28 bits per heavy atom. The SMILES string of the molecule is CN(C)C(=O)C1CCCN1C(=O)c1ccc(Oc2ccccc2)cc1. The number of rotatable bonds is 4. The number of benzene rings is 2. The van der Waals surface area contributed by atoms with Crippen LogP contribution in [0, 0.1) is 0 Å². The van der Waals surface area contributed by atoms with Crippen LogP contribution in [0.3, 0.4) is 0 Å². The van der Waals surface area contributed by atoms with Crippen molar-refractivity contribution in [1.29, 1.82) is 0 Å². The Morgan fingerprint density at radius 2 is 1.64 bits per heavy atom. The summed E-state index contributed by atoms with van der Waals surface area (Å²) in [6.07, 6.45) is 1.57. The average Bonchev–Trinajstić information content (AvgIpc) is 3.11. The van der Waals surface area contributed by atoms with E-state index in [1.54, 1.807) is 48.2 Å². The lowest BCUT2D eigenvalue weighted by atomic mass is 10.1. The van der Waals surface area contributed by atoms with E-state index in [-0.39, 0.29) is 17.9 Å². The van der Waals surface area contributed by atoms with Crippen LogP contribution in [0.25, 0.3) is 0 Å². The molecule has 25 heavy (non-hydrogen) atoms. The van der Waals surface area contributed by atoms with Crippen LogP contribution in [-0.4, -0.2) is 48.3 Å². The average molecular weight is 338 g/mol. The number of carbonyl (C=O) groups excluding carboxylic acids is 2. The number of likely N-dealkylation sites (N-methyl/N-ethyl adjacent to an activating group) is 1. The maximum Gasteiger partial charge on any atom is 0.254 e. The van der Waals surface area contributed by atoms with E-state index in [4.69, 9.17) is 4.74 Å². The van der Waals surface area contributed by atoms with Crippen molar-refractivity contribution in [3.63, 3.8) is 0 Å². The molecular formula is C20H22N2O3. The van der Waals surface area contributed by atoms with Crippen LogP contribution >= 0.6 is 0 Å². The number of carbonyl (C=O) groups is 2. The maximum atomic E-state index is 12.8. The van der Waals surface area contributed by atoms with E-state index < -0.39 is 0 Å². The van der Waals surface area contributed by atoms with E-state index in [2.05, 4.69) is 0 Å². The number of para-hydroxylation sites is 1. The molecule has 1 aliphatic rings. The van der Waals surface area contributed by atoms with E-state index in [9.17, 15) is 9.59 Å². The topological polar surface area (TPSA) is 49.9 Å². The summed E-state index contributed by atoms with van der Waals surface area (Å²) >= 11 is 0. The number of amides is 2. The van der Waals surface area contributed by atoms with E-state index >= 15 is 0 Å². The van der Waals surface area contributed by atoms with Crippen molar-refractivity contribution in [2.75, 3.05) is 20.6 Å². The van der Waals surface area contributed by atoms with Crippen LogP contribution in [0.5, 0.6) is 11.5 Å². The zero-order valence-corrected chi connectivity index (χ0v) is 14.5. The highest BCUT2D eigenvalue weighted by atomic mass is 16.5. The molecule has 1 unspecified atom stereocenters. The minimum Gasteiger partial charge on any atom is -0.457 e. The van der Waals surface area contributed by atoms with Crippen molar-refractivity contribution < 1.29 is 14.3 Å². The number of nitrogens with zero attached hydrogens (tertiary/aromatic N) is 2. The van der Waals surface area contributed by atoms with Crippen molar-refractivity contribution >= 4 is 11.8 Å². The van der Waals surface area contributed by atoms with Gasteiger partial charge in [0, 0.05) is 26.2 Å². The Labute approximate surface area is 147 Å². The normalized spacial score (nSPS) is 16.6. The highest BCUT2D eigenvalue weighted by Crippen LogP contribution is 2.24. The van der Waals surface area contributed by atoms with Gasteiger partial charge in [0.2, 0.25) is 5.91 Å². The number of ether oxygens (including phenoxy) is 1. The Hall–Kier alpha value is -2.82. The second-order valence-corrected chi connectivity index (χ2v) is 6.33. The zero-order valence-electron chi connectivity index (χ0n) is 14.5. The molecule has 130 valence electrons. The Balaban J connectivity index is 1.71. The first-order valence-electron chi connectivity index (χ1n) is 8.41. The summed E-state index contributed by atoms with van der Waals surface area (Å²) in [6.45, 7) is 0.616. The van der Waals surface area contributed by atoms with E-state index in [0.29, 0.717) is 17.9 Å². The molecule has 5 heteroatoms. The third-order valence-electron chi connectivity index (χ3n) is 4.32. The van der Waals surface area contributed by atoms with Gasteiger partial charge in [-0.1, -0.05) is 18.2 Å². The molecule has 1 atom stereocenters. The second-order valence-electron chi connectivity index (χ2n) is 6.33. The van der Waals surface area contributed by atoms with Crippen LogP contribution in [0.15, 0.2) is 54.6 Å². The first-order chi connectivity index (χ1) is 12.1. The minimum absolute atomic E-state index is 0.0186. The Bertz CT molecular complexity index is 741. The summed E-state index contributed by atoms with van der Waals surface area (Å²) in [5.74, 6) is 1.29. The van der Waals surface area contributed by atoms with E-state index in [1.165, 1.54) is 0 Å². The molecule has 1 saturated heterocycles. The molecule has 0 spiro atoms. The molecule has 0 saturated carbocycles. The van der Waals surface area contributed by atoms with Crippen LogP contribution in [0.4, 0.5) is 0 Å². The predicted molar refractivity (Wildman–Crippen MR) is 95.7 cm³/mol. The fraction of sp³-hybridized carbons (Fsp3) is 0.300. The first kappa shape index (κ1) is 17.0. The fourth-order valence-corrected chi connectivity index (χ4v) is 3.02. The molecule has 2 aromatic carbocycles. The largest absolute Gasteiger partial charge is 0.457 e. The van der Waals surface area contributed by atoms with Crippen molar-refractivity contribution in [2.45, 2.75) is 18.9 Å². The number of likely N-dealkylation sites (tertiary alicyclic amines) is 1. The zero-order chi connectivity index (χ0) is 17.8. The van der Waals surface area contributed by atoms with E-state index in [0.717, 1.165) is 18.6 Å². The van der Waals surface area contributed by atoms with Gasteiger partial charge in [0.25, 0.3) is 5.91 Å². The van der Waals surface area contributed by atoms with Gasteiger partial charge in [-0.15, -0.1) is 0 Å². The summed E-state index contributed by atoms with van der Waals surface area (Å²) in [4.78, 5) is 28.3. The Kier molecular flexibility index (Phi) is 5.03. The molecular weight excluding hydrogens is 316 g/mol. The molecule has 5 nitrogen and oxygen atoms in total. The van der Waals surface area contributed by atoms with Crippen molar-refractivity contribution in [2.24, 2.45) is 0 Å². The predicted octanol–water partition coefficient (Wildman–Crippen LogP) is 3.17. The van der Waals surface area contributed by atoms with Gasteiger partial charge < -0.3 is 14.5 Å². The standard InChI is InChI=1S/C20H22N2O3/c1-21(2)20(24)18-9-6-14-22(18)19(23)15-10-12-17(13-11-15)25-16-7-4-3-5-8-16/h3-5,7-8,10-13,18H,6,9,14H2,1-2H3. The fourth-order valence-electron chi connectivity index (χ4n) is 3.02. The second kappa shape index (κ2) is 7.38. The summed E-state index contributed by atoms with van der Waals surface area (Å²) in [7, 11) is 3.44. The van der Waals surface area contributed by atoms with Crippen molar-refractivity contribution in [1.82, 2.24) is 9.80 Å². The summed E-state index contributed by atoms with van der Waals surface area (Å²) in [6, 6.07) is 16.2. The monoisotopic (exact) mass is 338 g/mol. The van der Waals surface area contributed by atoms with Gasteiger partial charge in [0.1, 0.15) is 17.5 Å². The first-order valence-corrected chi connectivity index (χ1v) is 8.41. The van der Waals surface area contributed by atoms with Crippen molar-refractivity contribution in [3.8, 4) is 11.5 Å². The molecule has 1 heterocycles. The molecule has 2 amide bonds. The van der Waals surface area contributed by atoms with Crippen molar-refractivity contribution in [3.05, 3.63) is 60.2 Å². The van der Waals surface area contributed by atoms with Crippen LogP contribution in [0.2, 0.25) is 0 Å². The van der Waals surface area contributed by atoms with Gasteiger partial charge in [0.15, 0.2) is 0 Å². The maximum absolute atomic E-state index is 12.8. The lowest BCUT2D eigenvalue weighted by molar-refractivity contribution is -0.132. The van der Waals surface area contributed by atoms with Crippen LogP contribution < -0.4 is 4.74 Å². The lowest BCUT2D eigenvalue weighted by Gasteiger charge is -2.26. The molecule has 0 aromatic heterocycles. The van der Waals surface area contributed by atoms with Gasteiger partial charge in [-0.2, -0.15) is 0 Å². The molecule has 2 aromatic rings. The Morgan fingerprint density at radius 1 is 1.00 bits per heavy atom. The quantitative estimate of drug-likeness (QED) is 0.860. The third-order valence-corrected chi connectivity index (χ3v) is 4.32. The molecule has 0 N–H and O–H groups in total.